The summed E-state index contributed by atoms with van der Waals surface area (Å²) in [6, 6.07) is -0.773. The number of hydrogen-bond acceptors (Lipinski definition) is 3. The molecule has 58 valence electrons. The van der Waals surface area contributed by atoms with E-state index in [-0.39, 0.29) is 5.71 Å². The predicted octanol–water partition coefficient (Wildman–Crippen LogP) is -1.06. The van der Waals surface area contributed by atoms with Crippen LogP contribution in [0, 0.1) is 0 Å². The monoisotopic (exact) mass is 154 g/mol. The van der Waals surface area contributed by atoms with E-state index < -0.39 is 17.9 Å². The van der Waals surface area contributed by atoms with Crippen LogP contribution in [0.3, 0.4) is 0 Å². The van der Waals surface area contributed by atoms with E-state index in [1.807, 2.05) is 0 Å². The first kappa shape index (κ1) is 7.62. The van der Waals surface area contributed by atoms with E-state index in [4.69, 9.17) is 10.8 Å². The molecule has 0 aliphatic carbocycles. The Bertz CT molecular complexity index is 267. The fraction of sp³-hybridized carbons (Fsp3) is 0.167. The Morgan fingerprint density at radius 1 is 1.73 bits per heavy atom. The smallest absolute Gasteiger partial charge is 0.352 e. The molecule has 0 radical (unpaired) electrons. The molecule has 1 unspecified atom stereocenters. The van der Waals surface area contributed by atoms with Gasteiger partial charge in [-0.15, -0.1) is 0 Å². The van der Waals surface area contributed by atoms with Crippen molar-refractivity contribution in [2.75, 3.05) is 0 Å². The van der Waals surface area contributed by atoms with Crippen LogP contribution in [0.25, 0.3) is 0 Å². The lowest BCUT2D eigenvalue weighted by molar-refractivity contribution is -0.129. The normalized spacial score (nSPS) is 23.2. The molecule has 1 amide bonds. The number of rotatable bonds is 1. The highest BCUT2D eigenvalue weighted by atomic mass is 16.4. The molecular weight excluding hydrogens is 148 g/mol. The van der Waals surface area contributed by atoms with Crippen molar-refractivity contribution in [1.29, 1.82) is 0 Å². The quantitative estimate of drug-likeness (QED) is 0.503. The Morgan fingerprint density at radius 2 is 2.36 bits per heavy atom. The lowest BCUT2D eigenvalue weighted by Crippen LogP contribution is -2.36. The van der Waals surface area contributed by atoms with Crippen LogP contribution in [-0.2, 0) is 9.59 Å². The van der Waals surface area contributed by atoms with Crippen LogP contribution in [0.2, 0.25) is 0 Å². The Hall–Kier alpha value is -1.49. The minimum atomic E-state index is -1.25. The first-order valence-electron chi connectivity index (χ1n) is 2.91. The van der Waals surface area contributed by atoms with Crippen molar-refractivity contribution in [2.24, 2.45) is 10.7 Å². The zero-order valence-electron chi connectivity index (χ0n) is 5.52. The molecule has 1 atom stereocenters. The molecule has 0 spiro atoms. The number of amides is 1. The van der Waals surface area contributed by atoms with Gasteiger partial charge in [0.05, 0.1) is 6.04 Å². The molecular formula is C6H6N2O3. The van der Waals surface area contributed by atoms with E-state index in [0.717, 1.165) is 6.08 Å². The number of carboxylic acids is 1. The molecule has 5 heteroatoms. The summed E-state index contributed by atoms with van der Waals surface area (Å²) in [5, 5.41) is 8.43. The van der Waals surface area contributed by atoms with Gasteiger partial charge in [0.1, 0.15) is 5.71 Å². The number of nitrogens with zero attached hydrogens (tertiary/aromatic N) is 1. The van der Waals surface area contributed by atoms with Gasteiger partial charge in [0, 0.05) is 6.08 Å². The maximum Gasteiger partial charge on any atom is 0.352 e. The Morgan fingerprint density at radius 3 is 2.82 bits per heavy atom. The molecule has 0 aromatic carbocycles. The molecule has 1 aliphatic rings. The maximum atomic E-state index is 10.5. The van der Waals surface area contributed by atoms with Crippen LogP contribution in [-0.4, -0.2) is 28.7 Å². The number of aliphatic imine (C=N–C) groups is 1. The lowest BCUT2D eigenvalue weighted by atomic mass is 10.1. The fourth-order valence-electron chi connectivity index (χ4n) is 0.698. The zero-order chi connectivity index (χ0) is 8.43. The van der Waals surface area contributed by atoms with Crippen molar-refractivity contribution in [3.8, 4) is 0 Å². The number of hydrogen-bond donors (Lipinski definition) is 2. The van der Waals surface area contributed by atoms with Crippen molar-refractivity contribution in [3.05, 3.63) is 12.2 Å². The molecule has 11 heavy (non-hydrogen) atoms. The Kier molecular flexibility index (Phi) is 1.82. The summed E-state index contributed by atoms with van der Waals surface area (Å²) in [7, 11) is 0. The average Bonchev–Trinajstić information content (AvgIpc) is 1.94. The molecule has 0 aromatic rings. The van der Waals surface area contributed by atoms with Crippen LogP contribution in [0.1, 0.15) is 0 Å². The van der Waals surface area contributed by atoms with E-state index in [0.29, 0.717) is 0 Å². The van der Waals surface area contributed by atoms with Crippen molar-refractivity contribution in [3.63, 3.8) is 0 Å². The molecule has 1 rings (SSSR count). The first-order valence-corrected chi connectivity index (χ1v) is 2.91. The van der Waals surface area contributed by atoms with Gasteiger partial charge in [0.25, 0.3) is 5.91 Å². The molecule has 5 nitrogen and oxygen atoms in total. The predicted molar refractivity (Wildman–Crippen MR) is 37.2 cm³/mol. The second-order valence-corrected chi connectivity index (χ2v) is 2.03. The molecule has 0 saturated heterocycles. The molecule has 1 heterocycles. The maximum absolute atomic E-state index is 10.5. The second-order valence-electron chi connectivity index (χ2n) is 2.03. The van der Waals surface area contributed by atoms with Gasteiger partial charge < -0.3 is 10.8 Å². The number of nitrogens with two attached hydrogens (primary N) is 1. The molecule has 3 N–H and O–H groups in total. The highest BCUT2D eigenvalue weighted by Crippen LogP contribution is 1.98. The van der Waals surface area contributed by atoms with E-state index in [1.165, 1.54) is 6.08 Å². The highest BCUT2D eigenvalue weighted by molar-refractivity contribution is 6.40. The number of carbonyl (C=O) groups is 2. The van der Waals surface area contributed by atoms with Gasteiger partial charge in [-0.1, -0.05) is 6.08 Å². The van der Waals surface area contributed by atoms with Gasteiger partial charge in [-0.3, -0.25) is 4.79 Å². The molecule has 0 fully saturated rings. The first-order chi connectivity index (χ1) is 5.11. The van der Waals surface area contributed by atoms with Gasteiger partial charge in [-0.2, -0.15) is 0 Å². The van der Waals surface area contributed by atoms with Crippen LogP contribution in [0.5, 0.6) is 0 Å². The van der Waals surface area contributed by atoms with Gasteiger partial charge in [0.15, 0.2) is 0 Å². The summed E-state index contributed by atoms with van der Waals surface area (Å²) in [5.74, 6) is -1.83. The van der Waals surface area contributed by atoms with Crippen molar-refractivity contribution < 1.29 is 14.7 Å². The number of carbonyl (C=O) groups excluding carboxylic acids is 1. The number of dihydropyridines is 1. The topological polar surface area (TPSA) is 92.8 Å². The summed E-state index contributed by atoms with van der Waals surface area (Å²) in [6.07, 6.45) is 2.45. The molecule has 0 aromatic heterocycles. The third-order valence-corrected chi connectivity index (χ3v) is 1.21. The summed E-state index contributed by atoms with van der Waals surface area (Å²) in [5.41, 5.74) is 4.98. The summed E-state index contributed by atoms with van der Waals surface area (Å²) >= 11 is 0. The average molecular weight is 154 g/mol. The third-order valence-electron chi connectivity index (χ3n) is 1.21. The minimum Gasteiger partial charge on any atom is -0.477 e. The van der Waals surface area contributed by atoms with Gasteiger partial charge in [0.2, 0.25) is 0 Å². The second kappa shape index (κ2) is 2.63. The van der Waals surface area contributed by atoms with Gasteiger partial charge in [-0.25, -0.2) is 9.79 Å². The van der Waals surface area contributed by atoms with Crippen molar-refractivity contribution in [1.82, 2.24) is 0 Å². The summed E-state index contributed by atoms with van der Waals surface area (Å²) < 4.78 is 0. The largest absolute Gasteiger partial charge is 0.477 e. The SMILES string of the molecule is NC1C=CC(=O)N=C1C(=O)O. The standard InChI is InChI=1S/C6H6N2O3/c7-3-1-2-4(9)8-5(3)6(10)11/h1-3H,7H2,(H,10,11). The van der Waals surface area contributed by atoms with Crippen LogP contribution in [0.15, 0.2) is 17.1 Å². The molecule has 1 aliphatic heterocycles. The Labute approximate surface area is 62.2 Å². The zero-order valence-corrected chi connectivity index (χ0v) is 5.52. The number of carboxylic acid groups (broad SMARTS) is 1. The third kappa shape index (κ3) is 1.50. The highest BCUT2D eigenvalue weighted by Gasteiger charge is 2.20. The fourth-order valence-corrected chi connectivity index (χ4v) is 0.698. The summed E-state index contributed by atoms with van der Waals surface area (Å²) in [6.45, 7) is 0. The van der Waals surface area contributed by atoms with E-state index in [2.05, 4.69) is 4.99 Å². The minimum absolute atomic E-state index is 0.308. The van der Waals surface area contributed by atoms with E-state index >= 15 is 0 Å². The number of aliphatic carboxylic acids is 1. The van der Waals surface area contributed by atoms with E-state index in [1.54, 1.807) is 0 Å². The summed E-state index contributed by atoms with van der Waals surface area (Å²) in [4.78, 5) is 24.1. The van der Waals surface area contributed by atoms with E-state index in [9.17, 15) is 9.59 Å². The Balaban J connectivity index is 2.93. The van der Waals surface area contributed by atoms with Crippen molar-refractivity contribution in [2.45, 2.75) is 6.04 Å². The van der Waals surface area contributed by atoms with Crippen LogP contribution in [0.4, 0.5) is 0 Å². The van der Waals surface area contributed by atoms with Gasteiger partial charge >= 0.3 is 5.97 Å². The van der Waals surface area contributed by atoms with Crippen LogP contribution < -0.4 is 5.73 Å². The molecule has 0 saturated carbocycles. The molecule has 0 bridgehead atoms. The van der Waals surface area contributed by atoms with Crippen molar-refractivity contribution >= 4 is 17.6 Å². The lowest BCUT2D eigenvalue weighted by Gasteiger charge is -2.08. The van der Waals surface area contributed by atoms with Crippen LogP contribution >= 0.6 is 0 Å². The van der Waals surface area contributed by atoms with Gasteiger partial charge in [-0.05, 0) is 0 Å².